The van der Waals surface area contributed by atoms with Crippen LogP contribution in [0.4, 0.5) is 6.01 Å². The van der Waals surface area contributed by atoms with E-state index in [4.69, 9.17) is 4.42 Å². The molecule has 6 nitrogen and oxygen atoms in total. The lowest BCUT2D eigenvalue weighted by atomic mass is 10.3. The maximum atomic E-state index is 11.8. The predicted molar refractivity (Wildman–Crippen MR) is 65.2 cm³/mol. The monoisotopic (exact) mass is 242 g/mol. The van der Waals surface area contributed by atoms with Gasteiger partial charge in [-0.15, -0.1) is 0 Å². The number of anilines is 1. The Kier molecular flexibility index (Phi) is 2.33. The van der Waals surface area contributed by atoms with Gasteiger partial charge in [0.1, 0.15) is 5.52 Å². The number of fused-ring (bicyclic) bond motifs is 1. The van der Waals surface area contributed by atoms with Gasteiger partial charge in [-0.25, -0.2) is 0 Å². The second kappa shape index (κ2) is 3.99. The van der Waals surface area contributed by atoms with Crippen molar-refractivity contribution >= 4 is 23.0 Å². The third-order valence-corrected chi connectivity index (χ3v) is 2.46. The highest BCUT2D eigenvalue weighted by atomic mass is 16.4. The lowest BCUT2D eigenvalue weighted by molar-refractivity contribution is 0.101. The molecule has 6 heteroatoms. The van der Waals surface area contributed by atoms with Gasteiger partial charge in [0.15, 0.2) is 11.3 Å². The van der Waals surface area contributed by atoms with Crippen molar-refractivity contribution in [1.82, 2.24) is 14.8 Å². The molecular formula is C12H10N4O2. The van der Waals surface area contributed by atoms with E-state index in [0.717, 1.165) is 0 Å². The van der Waals surface area contributed by atoms with Crippen molar-refractivity contribution < 1.29 is 9.21 Å². The molecule has 18 heavy (non-hydrogen) atoms. The number of aryl methyl sites for hydroxylation is 1. The molecule has 2 heterocycles. The summed E-state index contributed by atoms with van der Waals surface area (Å²) >= 11 is 0. The predicted octanol–water partition coefficient (Wildman–Crippen LogP) is 1.81. The van der Waals surface area contributed by atoms with E-state index in [0.29, 0.717) is 16.8 Å². The minimum atomic E-state index is -0.345. The summed E-state index contributed by atoms with van der Waals surface area (Å²) in [6.45, 7) is 0. The van der Waals surface area contributed by atoms with Gasteiger partial charge in [-0.2, -0.15) is 10.1 Å². The highest BCUT2D eigenvalue weighted by Crippen LogP contribution is 2.18. The summed E-state index contributed by atoms with van der Waals surface area (Å²) in [6, 6.07) is 9.10. The average Bonchev–Trinajstić information content (AvgIpc) is 2.94. The van der Waals surface area contributed by atoms with E-state index >= 15 is 0 Å². The first kappa shape index (κ1) is 10.5. The Bertz CT molecular complexity index is 681. The molecule has 3 aromatic rings. The summed E-state index contributed by atoms with van der Waals surface area (Å²) in [5.41, 5.74) is 1.65. The number of nitrogens with one attached hydrogen (secondary N) is 1. The van der Waals surface area contributed by atoms with Crippen molar-refractivity contribution in [3.63, 3.8) is 0 Å². The molecule has 0 saturated carbocycles. The van der Waals surface area contributed by atoms with Crippen molar-refractivity contribution in [3.8, 4) is 0 Å². The van der Waals surface area contributed by atoms with Crippen LogP contribution in [-0.2, 0) is 7.05 Å². The molecule has 0 bridgehead atoms. The maximum absolute atomic E-state index is 11.8. The first-order chi connectivity index (χ1) is 8.72. The van der Waals surface area contributed by atoms with Crippen molar-refractivity contribution in [1.29, 1.82) is 0 Å². The number of oxazole rings is 1. The third kappa shape index (κ3) is 1.84. The summed E-state index contributed by atoms with van der Waals surface area (Å²) in [7, 11) is 1.75. The number of hydrogen-bond donors (Lipinski definition) is 1. The molecule has 0 aliphatic rings. The largest absolute Gasteiger partial charge is 0.423 e. The van der Waals surface area contributed by atoms with Crippen LogP contribution in [0.3, 0.4) is 0 Å². The number of benzene rings is 1. The van der Waals surface area contributed by atoms with Crippen molar-refractivity contribution in [2.45, 2.75) is 0 Å². The Balaban J connectivity index is 1.86. The Labute approximate surface area is 102 Å². The minimum Gasteiger partial charge on any atom is -0.423 e. The summed E-state index contributed by atoms with van der Waals surface area (Å²) in [5, 5.41) is 6.56. The highest BCUT2D eigenvalue weighted by Gasteiger charge is 2.12. The molecule has 0 saturated heterocycles. The lowest BCUT2D eigenvalue weighted by Gasteiger charge is -1.95. The van der Waals surface area contributed by atoms with Crippen LogP contribution < -0.4 is 5.32 Å². The van der Waals surface area contributed by atoms with Gasteiger partial charge in [-0.05, 0) is 18.2 Å². The molecule has 90 valence electrons. The van der Waals surface area contributed by atoms with Gasteiger partial charge in [-0.3, -0.25) is 14.8 Å². The van der Waals surface area contributed by atoms with Crippen LogP contribution in [0.5, 0.6) is 0 Å². The number of rotatable bonds is 2. The Hall–Kier alpha value is -2.63. The molecule has 0 aliphatic heterocycles. The van der Waals surface area contributed by atoms with Crippen molar-refractivity contribution in [2.75, 3.05) is 5.32 Å². The second-order valence-electron chi connectivity index (χ2n) is 3.82. The van der Waals surface area contributed by atoms with Crippen molar-refractivity contribution in [3.05, 3.63) is 42.2 Å². The number of carbonyl (C=O) groups excluding carboxylic acids is 1. The fourth-order valence-electron chi connectivity index (χ4n) is 1.62. The number of amides is 1. The van der Waals surface area contributed by atoms with Crippen LogP contribution >= 0.6 is 0 Å². The normalized spacial score (nSPS) is 10.7. The van der Waals surface area contributed by atoms with E-state index in [1.54, 1.807) is 30.1 Å². The first-order valence-electron chi connectivity index (χ1n) is 5.39. The van der Waals surface area contributed by atoms with E-state index in [-0.39, 0.29) is 11.9 Å². The van der Waals surface area contributed by atoms with Crippen LogP contribution in [0, 0.1) is 0 Å². The molecule has 3 rings (SSSR count). The molecule has 2 aromatic heterocycles. The summed E-state index contributed by atoms with van der Waals surface area (Å²) in [5.74, 6) is -0.345. The molecule has 0 aliphatic carbocycles. The Morgan fingerprint density at radius 3 is 2.89 bits per heavy atom. The van der Waals surface area contributed by atoms with Gasteiger partial charge >= 0.3 is 6.01 Å². The van der Waals surface area contributed by atoms with Crippen molar-refractivity contribution in [2.24, 2.45) is 7.05 Å². The standard InChI is InChI=1S/C12H10N4O2/c1-16-7-6-9(15-16)11(17)14-12-13-8-4-2-3-5-10(8)18-12/h2-7H,1H3,(H,13,14,17). The topological polar surface area (TPSA) is 73.0 Å². The Morgan fingerprint density at radius 1 is 1.33 bits per heavy atom. The van der Waals surface area contributed by atoms with Crippen LogP contribution in [0.15, 0.2) is 40.9 Å². The van der Waals surface area contributed by atoms with Crippen LogP contribution in [0.25, 0.3) is 11.1 Å². The smallest absolute Gasteiger partial charge is 0.302 e. The van der Waals surface area contributed by atoms with E-state index in [1.807, 2.05) is 18.2 Å². The van der Waals surface area contributed by atoms with Gasteiger partial charge in [0.05, 0.1) is 0 Å². The van der Waals surface area contributed by atoms with Crippen LogP contribution in [0.1, 0.15) is 10.5 Å². The van der Waals surface area contributed by atoms with E-state index in [2.05, 4.69) is 15.4 Å². The highest BCUT2D eigenvalue weighted by molar-refractivity contribution is 6.02. The zero-order valence-electron chi connectivity index (χ0n) is 9.62. The molecule has 0 unspecified atom stereocenters. The lowest BCUT2D eigenvalue weighted by Crippen LogP contribution is -2.13. The molecule has 1 aromatic carbocycles. The third-order valence-electron chi connectivity index (χ3n) is 2.46. The maximum Gasteiger partial charge on any atom is 0.302 e. The zero-order chi connectivity index (χ0) is 12.5. The first-order valence-corrected chi connectivity index (χ1v) is 5.39. The molecule has 0 spiro atoms. The fraction of sp³-hybridized carbons (Fsp3) is 0.0833. The van der Waals surface area contributed by atoms with E-state index in [9.17, 15) is 4.79 Å². The molecule has 1 amide bonds. The number of carbonyl (C=O) groups is 1. The zero-order valence-corrected chi connectivity index (χ0v) is 9.62. The number of aromatic nitrogens is 3. The van der Waals surface area contributed by atoms with E-state index in [1.165, 1.54) is 0 Å². The molecular weight excluding hydrogens is 232 g/mol. The SMILES string of the molecule is Cn1ccc(C(=O)Nc2nc3ccccc3o2)n1. The summed E-state index contributed by atoms with van der Waals surface area (Å²) in [6.07, 6.45) is 1.70. The number of para-hydroxylation sites is 2. The molecule has 1 N–H and O–H groups in total. The van der Waals surface area contributed by atoms with Crippen LogP contribution in [-0.4, -0.2) is 20.7 Å². The molecule has 0 fully saturated rings. The quantitative estimate of drug-likeness (QED) is 0.743. The van der Waals surface area contributed by atoms with E-state index < -0.39 is 0 Å². The van der Waals surface area contributed by atoms with Gasteiger partial charge in [0.2, 0.25) is 0 Å². The van der Waals surface area contributed by atoms with Gasteiger partial charge in [-0.1, -0.05) is 12.1 Å². The van der Waals surface area contributed by atoms with Gasteiger partial charge in [0.25, 0.3) is 5.91 Å². The fourth-order valence-corrected chi connectivity index (χ4v) is 1.62. The minimum absolute atomic E-state index is 0.173. The molecule has 0 atom stereocenters. The Morgan fingerprint density at radius 2 is 2.17 bits per heavy atom. The van der Waals surface area contributed by atoms with Gasteiger partial charge in [0, 0.05) is 13.2 Å². The number of hydrogen-bond acceptors (Lipinski definition) is 4. The second-order valence-corrected chi connectivity index (χ2v) is 3.82. The molecule has 0 radical (unpaired) electrons. The van der Waals surface area contributed by atoms with Gasteiger partial charge < -0.3 is 4.42 Å². The van der Waals surface area contributed by atoms with Crippen LogP contribution in [0.2, 0.25) is 0 Å². The summed E-state index contributed by atoms with van der Waals surface area (Å²) in [4.78, 5) is 16.0. The average molecular weight is 242 g/mol. The number of nitrogens with zero attached hydrogens (tertiary/aromatic N) is 3. The summed E-state index contributed by atoms with van der Waals surface area (Å²) < 4.78 is 6.95.